The number of aromatic nitrogens is 5. The largest absolute Gasteiger partial charge is 0.511 e. The fraction of sp³-hybridized carbons (Fsp3) is 0.474. The Morgan fingerprint density at radius 3 is 2.31 bits per heavy atom. The van der Waals surface area contributed by atoms with Crippen LogP contribution in [0.15, 0.2) is 54.7 Å². The van der Waals surface area contributed by atoms with E-state index in [-0.39, 0.29) is 49.9 Å². The van der Waals surface area contributed by atoms with Crippen LogP contribution in [0.25, 0.3) is 22.4 Å². The van der Waals surface area contributed by atoms with Gasteiger partial charge in [-0.3, -0.25) is 30.7 Å². The predicted octanol–water partition coefficient (Wildman–Crippen LogP) is 4.68. The van der Waals surface area contributed by atoms with Crippen molar-refractivity contribution in [2.45, 2.75) is 95.7 Å². The van der Waals surface area contributed by atoms with Crippen LogP contribution in [0.1, 0.15) is 67.8 Å². The molecule has 0 spiro atoms. The Bertz CT molecular complexity index is 2050. The molecule has 4 heterocycles. The van der Waals surface area contributed by atoms with Crippen molar-refractivity contribution in [3.8, 4) is 22.4 Å². The van der Waals surface area contributed by atoms with Crippen molar-refractivity contribution in [2.75, 3.05) is 19.8 Å². The van der Waals surface area contributed by atoms with Crippen molar-refractivity contribution in [2.24, 2.45) is 0 Å². The van der Waals surface area contributed by atoms with E-state index in [1.54, 1.807) is 10.8 Å². The number of unbranched alkanes of at least 4 members (excludes halogenated alkanes) is 1. The second-order valence-corrected chi connectivity index (χ2v) is 14.4. The number of nitrogens with zero attached hydrogens (tertiary/aromatic N) is 6. The van der Waals surface area contributed by atoms with Crippen molar-refractivity contribution in [1.82, 2.24) is 35.7 Å². The summed E-state index contributed by atoms with van der Waals surface area (Å²) in [5.41, 5.74) is 4.41. The van der Waals surface area contributed by atoms with Crippen LogP contribution in [0.5, 0.6) is 0 Å². The first kappa shape index (κ1) is 45.4. The molecule has 61 heavy (non-hydrogen) atoms. The average molecular weight is 876 g/mol. The second-order valence-electron chi connectivity index (χ2n) is 14.0. The van der Waals surface area contributed by atoms with Crippen molar-refractivity contribution in [3.63, 3.8) is 0 Å². The summed E-state index contributed by atoms with van der Waals surface area (Å²) in [6.45, 7) is 3.00. The minimum Gasteiger partial charge on any atom is -0.457 e. The number of rotatable bonds is 21. The van der Waals surface area contributed by atoms with E-state index in [1.165, 1.54) is 6.92 Å². The summed E-state index contributed by atoms with van der Waals surface area (Å²) in [5.74, 6) is -0.909. The molecule has 2 aliphatic heterocycles. The molecule has 5 N–H and O–H groups in total. The molecule has 6 atom stereocenters. The Morgan fingerprint density at radius 1 is 0.951 bits per heavy atom. The number of ether oxygens (including phenoxy) is 6. The highest BCUT2D eigenvalue weighted by Crippen LogP contribution is 2.33. The standard InChI is InChI=1S/C38H46ClN7O15/c1-3-4-11-31-41-36(39)33(44(31)18-23-13-15-24(16-14-23)26-9-5-6-10-27(26)28-17-40-43-42-28)37(48)57-22(2)58-38(49)60-30-21-55-34-29(20-54-35(30)34)59-32(47)12-7-8-25(61-46(52)53)19-56-45(50)51/h5-6,9-10,13-17,22,25,29-30,34-35,50-53H,3-4,7-8,11-12,18-21H2,1-2H3,(H,40,42,43)/t22?,25?,29-,30-,34-,35-/m1/s1. The zero-order valence-electron chi connectivity index (χ0n) is 33.1. The zero-order chi connectivity index (χ0) is 43.5. The van der Waals surface area contributed by atoms with Crippen LogP contribution in [0.4, 0.5) is 4.79 Å². The van der Waals surface area contributed by atoms with Gasteiger partial charge in [0.25, 0.3) is 0 Å². The highest BCUT2D eigenvalue weighted by atomic mass is 35.5. The summed E-state index contributed by atoms with van der Waals surface area (Å²) in [7, 11) is 0. The number of nitrogens with one attached hydrogen (secondary N) is 1. The number of imidazole rings is 1. The van der Waals surface area contributed by atoms with Crippen LogP contribution in [0.2, 0.25) is 5.15 Å². The predicted molar refractivity (Wildman–Crippen MR) is 203 cm³/mol. The first-order valence-corrected chi connectivity index (χ1v) is 19.7. The second kappa shape index (κ2) is 21.6. The van der Waals surface area contributed by atoms with E-state index in [0.717, 1.165) is 35.1 Å². The summed E-state index contributed by atoms with van der Waals surface area (Å²) in [6, 6.07) is 15.7. The summed E-state index contributed by atoms with van der Waals surface area (Å²) < 4.78 is 34.9. The molecule has 0 bridgehead atoms. The maximum atomic E-state index is 13.6. The Morgan fingerprint density at radius 2 is 1.66 bits per heavy atom. The molecule has 2 aromatic carbocycles. The third-order valence-corrected chi connectivity index (χ3v) is 9.99. The molecule has 23 heteroatoms. The molecule has 0 amide bonds. The topological polar surface area (TPSA) is 272 Å². The Hall–Kier alpha value is -5.11. The number of H-pyrrole nitrogens is 1. The average Bonchev–Trinajstić information content (AvgIpc) is 4.03. The van der Waals surface area contributed by atoms with E-state index in [0.29, 0.717) is 17.9 Å². The summed E-state index contributed by atoms with van der Waals surface area (Å²) >= 11 is 6.55. The van der Waals surface area contributed by atoms with E-state index >= 15 is 0 Å². The van der Waals surface area contributed by atoms with Gasteiger partial charge in [0, 0.05) is 31.9 Å². The Kier molecular flexibility index (Phi) is 16.1. The van der Waals surface area contributed by atoms with Gasteiger partial charge in [0.15, 0.2) is 23.1 Å². The lowest BCUT2D eigenvalue weighted by atomic mass is 9.97. The lowest BCUT2D eigenvalue weighted by molar-refractivity contribution is -0.527. The van der Waals surface area contributed by atoms with Crippen molar-refractivity contribution < 1.29 is 73.3 Å². The van der Waals surface area contributed by atoms with Gasteiger partial charge >= 0.3 is 18.1 Å². The highest BCUT2D eigenvalue weighted by Gasteiger charge is 2.51. The van der Waals surface area contributed by atoms with Crippen LogP contribution in [0, 0.1) is 0 Å². The quantitative estimate of drug-likeness (QED) is 0.0329. The van der Waals surface area contributed by atoms with Gasteiger partial charge < -0.3 is 33.0 Å². The van der Waals surface area contributed by atoms with E-state index in [2.05, 4.69) is 30.1 Å². The smallest absolute Gasteiger partial charge is 0.457 e. The molecule has 2 aliphatic rings. The summed E-state index contributed by atoms with van der Waals surface area (Å²) in [5, 5.41) is 44.7. The van der Waals surface area contributed by atoms with Crippen LogP contribution in [-0.4, -0.2) is 131 Å². The Labute approximate surface area is 353 Å². The normalized spacial score (nSPS) is 19.5. The number of aryl methyl sites for hydroxylation is 1. The maximum Gasteiger partial charge on any atom is 0.511 e. The fourth-order valence-corrected chi connectivity index (χ4v) is 7.20. The molecule has 0 saturated carbocycles. The molecule has 330 valence electrons. The molecule has 2 unspecified atom stereocenters. The zero-order valence-corrected chi connectivity index (χ0v) is 33.8. The van der Waals surface area contributed by atoms with Crippen LogP contribution in [-0.2, 0) is 55.9 Å². The van der Waals surface area contributed by atoms with Crippen LogP contribution >= 0.6 is 11.6 Å². The van der Waals surface area contributed by atoms with Gasteiger partial charge in [0.1, 0.15) is 36.4 Å². The molecule has 0 aliphatic carbocycles. The van der Waals surface area contributed by atoms with Gasteiger partial charge in [-0.25, -0.2) is 24.2 Å². The van der Waals surface area contributed by atoms with Crippen molar-refractivity contribution in [3.05, 3.63) is 77.0 Å². The van der Waals surface area contributed by atoms with Crippen LogP contribution in [0.3, 0.4) is 0 Å². The third kappa shape index (κ3) is 12.3. The minimum atomic E-state index is -1.40. The number of carbonyl (C=O) groups excluding carboxylic acids is 3. The lowest BCUT2D eigenvalue weighted by Crippen LogP contribution is -2.36. The summed E-state index contributed by atoms with van der Waals surface area (Å²) in [6.07, 6.45) is -2.93. The summed E-state index contributed by atoms with van der Waals surface area (Å²) in [4.78, 5) is 52.5. The molecule has 22 nitrogen and oxygen atoms in total. The van der Waals surface area contributed by atoms with Gasteiger partial charge in [-0.2, -0.15) is 0 Å². The maximum absolute atomic E-state index is 13.6. The number of aromatic amines is 1. The first-order valence-electron chi connectivity index (χ1n) is 19.4. The third-order valence-electron chi connectivity index (χ3n) is 9.73. The molecule has 2 fully saturated rings. The van der Waals surface area contributed by atoms with E-state index in [9.17, 15) is 14.4 Å². The molecule has 2 aromatic heterocycles. The highest BCUT2D eigenvalue weighted by molar-refractivity contribution is 6.32. The fourth-order valence-electron chi connectivity index (χ4n) is 6.92. The van der Waals surface area contributed by atoms with Gasteiger partial charge in [0.2, 0.25) is 6.29 Å². The molecule has 0 radical (unpaired) electrons. The first-order chi connectivity index (χ1) is 29.4. The van der Waals surface area contributed by atoms with E-state index in [4.69, 9.17) is 60.9 Å². The van der Waals surface area contributed by atoms with Gasteiger partial charge in [-0.15, -0.1) is 5.10 Å². The van der Waals surface area contributed by atoms with Gasteiger partial charge in [0.05, 0.1) is 30.2 Å². The molecular weight excluding hydrogens is 830 g/mol. The number of hydrogen-bond donors (Lipinski definition) is 5. The van der Waals surface area contributed by atoms with Crippen LogP contribution < -0.4 is 0 Å². The number of halogens is 1. The van der Waals surface area contributed by atoms with Crippen molar-refractivity contribution >= 4 is 29.7 Å². The van der Waals surface area contributed by atoms with E-state index < -0.39 is 72.3 Å². The molecule has 2 saturated heterocycles. The Balaban J connectivity index is 1.01. The van der Waals surface area contributed by atoms with Crippen molar-refractivity contribution in [1.29, 1.82) is 0 Å². The number of carbonyl (C=O) groups is 3. The van der Waals surface area contributed by atoms with Gasteiger partial charge in [-0.1, -0.05) is 78.7 Å². The number of benzene rings is 2. The lowest BCUT2D eigenvalue weighted by Gasteiger charge is -2.19. The molecular formula is C38H46ClN7O15. The minimum absolute atomic E-state index is 0.00659. The molecule has 6 rings (SSSR count). The molecule has 4 aromatic rings. The number of esters is 2. The number of hydrogen-bond acceptors (Lipinski definition) is 20. The SMILES string of the molecule is CCCCc1nc(Cl)c(C(=O)OC(C)OC(=O)O[C@@H]2CO[C@H]3[C@@H]2OC[C@H]3OC(=O)CCCC(CON(O)O)ON(O)O)n1Cc1ccc(-c2ccccc2-c2c[nH]nn2)cc1. The monoisotopic (exact) mass is 875 g/mol. The van der Waals surface area contributed by atoms with E-state index in [1.807, 2.05) is 55.5 Å². The van der Waals surface area contributed by atoms with Gasteiger partial charge in [-0.05, 0) is 36.0 Å². The number of fused-ring (bicyclic) bond motifs is 1.